The second kappa shape index (κ2) is 6.88. The van der Waals surface area contributed by atoms with E-state index in [-0.39, 0.29) is 23.7 Å². The van der Waals surface area contributed by atoms with Gasteiger partial charge in [-0.1, -0.05) is 36.9 Å². The van der Waals surface area contributed by atoms with Gasteiger partial charge < -0.3 is 15.6 Å². The van der Waals surface area contributed by atoms with Crippen molar-refractivity contribution in [2.24, 2.45) is 0 Å². The third kappa shape index (κ3) is 3.33. The van der Waals surface area contributed by atoms with Gasteiger partial charge in [0.15, 0.2) is 5.16 Å². The van der Waals surface area contributed by atoms with Crippen LogP contribution in [0, 0.1) is 0 Å². The second-order valence-corrected chi connectivity index (χ2v) is 6.48. The molecular formula is C16H16N4O3S. The molecule has 1 atom stereocenters. The Bertz CT molecular complexity index is 835. The first-order chi connectivity index (χ1) is 11.6. The van der Waals surface area contributed by atoms with Crippen LogP contribution in [0.4, 0.5) is 11.5 Å². The maximum Gasteiger partial charge on any atom is 0.257 e. The van der Waals surface area contributed by atoms with E-state index >= 15 is 0 Å². The number of H-pyrrole nitrogens is 1. The summed E-state index contributed by atoms with van der Waals surface area (Å²) in [7, 11) is 0. The van der Waals surface area contributed by atoms with Crippen molar-refractivity contribution in [3.63, 3.8) is 0 Å². The molecule has 1 unspecified atom stereocenters. The van der Waals surface area contributed by atoms with Crippen molar-refractivity contribution in [2.75, 3.05) is 16.4 Å². The van der Waals surface area contributed by atoms with Crippen LogP contribution in [-0.4, -0.2) is 27.5 Å². The Hall–Kier alpha value is -2.61. The van der Waals surface area contributed by atoms with Crippen molar-refractivity contribution in [1.82, 2.24) is 9.97 Å². The lowest BCUT2D eigenvalue weighted by Gasteiger charge is -2.23. The van der Waals surface area contributed by atoms with Crippen LogP contribution < -0.4 is 16.2 Å². The van der Waals surface area contributed by atoms with Crippen LogP contribution in [0.5, 0.6) is 0 Å². The molecule has 1 aliphatic rings. The highest BCUT2D eigenvalue weighted by Crippen LogP contribution is 2.30. The first-order valence-electron chi connectivity index (χ1n) is 7.51. The lowest BCUT2D eigenvalue weighted by atomic mass is 9.92. The standard InChI is InChI=1S/C16H16N4O3S/c1-2-24-16-19-13-12(15(23)20-16)10(8-11(21)18-13)14(22)17-9-6-4-3-5-7-9/h3-7,10H,2,8H2,1H3,(H,17,22)(H2,18,19,20,21,23). The predicted molar refractivity (Wildman–Crippen MR) is 92.3 cm³/mol. The van der Waals surface area contributed by atoms with Crippen molar-refractivity contribution < 1.29 is 9.59 Å². The number of aromatic amines is 1. The number of hydrogen-bond donors (Lipinski definition) is 3. The van der Waals surface area contributed by atoms with E-state index < -0.39 is 17.4 Å². The number of nitrogens with zero attached hydrogens (tertiary/aromatic N) is 1. The maximum atomic E-state index is 12.6. The summed E-state index contributed by atoms with van der Waals surface area (Å²) in [5, 5.41) is 5.74. The second-order valence-electron chi connectivity index (χ2n) is 5.23. The number of rotatable bonds is 4. The van der Waals surface area contributed by atoms with Gasteiger partial charge in [0, 0.05) is 12.1 Å². The summed E-state index contributed by atoms with van der Waals surface area (Å²) in [6.07, 6.45) is -0.0866. The van der Waals surface area contributed by atoms with E-state index in [1.165, 1.54) is 11.8 Å². The molecule has 0 spiro atoms. The Morgan fingerprint density at radius 2 is 2.08 bits per heavy atom. The Morgan fingerprint density at radius 3 is 2.79 bits per heavy atom. The molecule has 0 fully saturated rings. The van der Waals surface area contributed by atoms with Gasteiger partial charge in [0.25, 0.3) is 5.56 Å². The van der Waals surface area contributed by atoms with E-state index in [9.17, 15) is 14.4 Å². The molecule has 1 aromatic heterocycles. The zero-order chi connectivity index (χ0) is 17.1. The van der Waals surface area contributed by atoms with Gasteiger partial charge in [-0.3, -0.25) is 14.4 Å². The molecule has 8 heteroatoms. The topological polar surface area (TPSA) is 104 Å². The lowest BCUT2D eigenvalue weighted by molar-refractivity contribution is -0.123. The van der Waals surface area contributed by atoms with Crippen molar-refractivity contribution in [2.45, 2.75) is 24.4 Å². The number of benzene rings is 1. The SMILES string of the molecule is CCSc1nc2c(c(=O)[nH]1)C(C(=O)Nc1ccccc1)CC(=O)N2. The molecule has 0 saturated heterocycles. The van der Waals surface area contributed by atoms with Crippen molar-refractivity contribution >= 4 is 35.1 Å². The lowest BCUT2D eigenvalue weighted by Crippen LogP contribution is -2.36. The fraction of sp³-hybridized carbons (Fsp3) is 0.250. The molecule has 1 aromatic carbocycles. The highest BCUT2D eigenvalue weighted by Gasteiger charge is 2.34. The minimum atomic E-state index is -0.870. The van der Waals surface area contributed by atoms with Crippen LogP contribution in [0.1, 0.15) is 24.8 Å². The minimum Gasteiger partial charge on any atom is -0.326 e. The van der Waals surface area contributed by atoms with E-state index in [1.54, 1.807) is 24.3 Å². The molecule has 0 bridgehead atoms. The van der Waals surface area contributed by atoms with E-state index in [0.717, 1.165) is 5.75 Å². The molecule has 24 heavy (non-hydrogen) atoms. The van der Waals surface area contributed by atoms with Crippen LogP contribution in [-0.2, 0) is 9.59 Å². The third-order valence-corrected chi connectivity index (χ3v) is 4.32. The number of fused-ring (bicyclic) bond motifs is 1. The first kappa shape index (κ1) is 16.3. The molecule has 2 amide bonds. The number of carbonyl (C=O) groups is 2. The van der Waals surface area contributed by atoms with Gasteiger partial charge in [-0.2, -0.15) is 0 Å². The highest BCUT2D eigenvalue weighted by atomic mass is 32.2. The number of nitrogens with one attached hydrogen (secondary N) is 3. The number of anilines is 2. The van der Waals surface area contributed by atoms with Gasteiger partial charge in [0.2, 0.25) is 11.8 Å². The Morgan fingerprint density at radius 1 is 1.33 bits per heavy atom. The first-order valence-corrected chi connectivity index (χ1v) is 8.49. The summed E-state index contributed by atoms with van der Waals surface area (Å²) in [5.41, 5.74) is 0.408. The van der Waals surface area contributed by atoms with Crippen LogP contribution in [0.25, 0.3) is 0 Å². The fourth-order valence-corrected chi connectivity index (χ4v) is 3.12. The van der Waals surface area contributed by atoms with Gasteiger partial charge in [-0.25, -0.2) is 4.98 Å². The molecule has 2 heterocycles. The number of aromatic nitrogens is 2. The zero-order valence-corrected chi connectivity index (χ0v) is 13.8. The quantitative estimate of drug-likeness (QED) is 0.581. The van der Waals surface area contributed by atoms with Crippen molar-refractivity contribution in [3.8, 4) is 0 Å². The molecule has 3 N–H and O–H groups in total. The Balaban J connectivity index is 1.95. The number of carbonyl (C=O) groups excluding carboxylic acids is 2. The molecule has 124 valence electrons. The van der Waals surface area contributed by atoms with Gasteiger partial charge in [0.05, 0.1) is 11.5 Å². The van der Waals surface area contributed by atoms with E-state index in [0.29, 0.717) is 10.8 Å². The molecule has 7 nitrogen and oxygen atoms in total. The molecule has 1 aliphatic heterocycles. The Kier molecular flexibility index (Phi) is 4.66. The minimum absolute atomic E-state index is 0.0866. The smallest absolute Gasteiger partial charge is 0.257 e. The summed E-state index contributed by atoms with van der Waals surface area (Å²) >= 11 is 1.36. The average molecular weight is 344 g/mol. The summed E-state index contributed by atoms with van der Waals surface area (Å²) in [6, 6.07) is 8.90. The summed E-state index contributed by atoms with van der Waals surface area (Å²) in [6.45, 7) is 1.93. The Labute approximate surface area is 142 Å². The van der Waals surface area contributed by atoms with Crippen LogP contribution >= 0.6 is 11.8 Å². The highest BCUT2D eigenvalue weighted by molar-refractivity contribution is 7.99. The predicted octanol–water partition coefficient (Wildman–Crippen LogP) is 1.95. The van der Waals surface area contributed by atoms with E-state index in [4.69, 9.17) is 0 Å². The molecule has 0 radical (unpaired) electrons. The molecular weight excluding hydrogens is 328 g/mol. The summed E-state index contributed by atoms with van der Waals surface area (Å²) < 4.78 is 0. The molecule has 0 saturated carbocycles. The number of amides is 2. The fourth-order valence-electron chi connectivity index (χ4n) is 2.53. The van der Waals surface area contributed by atoms with Crippen molar-refractivity contribution in [3.05, 3.63) is 46.2 Å². The summed E-state index contributed by atoms with van der Waals surface area (Å²) in [4.78, 5) is 43.8. The largest absolute Gasteiger partial charge is 0.326 e. The number of hydrogen-bond acceptors (Lipinski definition) is 5. The number of para-hydroxylation sites is 1. The normalized spacial score (nSPS) is 16.2. The molecule has 2 aromatic rings. The number of thioether (sulfide) groups is 1. The van der Waals surface area contributed by atoms with Gasteiger partial charge in [0.1, 0.15) is 5.82 Å². The van der Waals surface area contributed by atoms with Gasteiger partial charge in [-0.05, 0) is 17.9 Å². The van der Waals surface area contributed by atoms with Gasteiger partial charge >= 0.3 is 0 Å². The zero-order valence-electron chi connectivity index (χ0n) is 13.0. The van der Waals surface area contributed by atoms with Crippen LogP contribution in [0.3, 0.4) is 0 Å². The van der Waals surface area contributed by atoms with Crippen molar-refractivity contribution in [1.29, 1.82) is 0 Å². The molecule has 0 aliphatic carbocycles. The van der Waals surface area contributed by atoms with Gasteiger partial charge in [-0.15, -0.1) is 0 Å². The third-order valence-electron chi connectivity index (χ3n) is 3.57. The van der Waals surface area contributed by atoms with Crippen LogP contribution in [0.2, 0.25) is 0 Å². The van der Waals surface area contributed by atoms with Crippen LogP contribution in [0.15, 0.2) is 40.3 Å². The monoisotopic (exact) mass is 344 g/mol. The summed E-state index contributed by atoms with van der Waals surface area (Å²) in [5.74, 6) is -0.708. The van der Waals surface area contributed by atoms with E-state index in [2.05, 4.69) is 20.6 Å². The average Bonchev–Trinajstić information content (AvgIpc) is 2.55. The maximum absolute atomic E-state index is 12.6. The van der Waals surface area contributed by atoms with E-state index in [1.807, 2.05) is 13.0 Å². The molecule has 3 rings (SSSR count).